The molecule has 0 radical (unpaired) electrons. The van der Waals surface area contributed by atoms with Crippen LogP contribution in [0.5, 0.6) is 0 Å². The molecule has 0 amide bonds. The molecule has 0 unspecified atom stereocenters. The minimum absolute atomic E-state index is 0.503. The highest BCUT2D eigenvalue weighted by Gasteiger charge is 2.18. The third-order valence-corrected chi connectivity index (χ3v) is 6.36. The van der Waals surface area contributed by atoms with Crippen molar-refractivity contribution >= 4 is 34.3 Å². The van der Waals surface area contributed by atoms with Crippen LogP contribution >= 0.6 is 23.4 Å². The third-order valence-electron chi connectivity index (χ3n) is 5.10. The molecule has 7 nitrogen and oxygen atoms in total. The van der Waals surface area contributed by atoms with Crippen LogP contribution in [0.2, 0.25) is 5.02 Å². The topological polar surface area (TPSA) is 74.6 Å². The van der Waals surface area contributed by atoms with Gasteiger partial charge in [0.15, 0.2) is 11.0 Å². The van der Waals surface area contributed by atoms with E-state index in [4.69, 9.17) is 16.1 Å². The molecule has 3 aromatic heterocycles. The zero-order valence-corrected chi connectivity index (χ0v) is 18.6. The summed E-state index contributed by atoms with van der Waals surface area (Å²) in [4.78, 5) is 4.47. The molecule has 5 rings (SSSR count). The maximum atomic E-state index is 5.94. The maximum Gasteiger partial charge on any atom is 0.237 e. The molecule has 0 aliphatic carbocycles. The van der Waals surface area contributed by atoms with Crippen molar-refractivity contribution in [3.8, 4) is 22.8 Å². The molecule has 2 aromatic carbocycles. The molecule has 0 atom stereocenters. The summed E-state index contributed by atoms with van der Waals surface area (Å²) >= 11 is 7.45. The Morgan fingerprint density at radius 1 is 1.06 bits per heavy atom. The van der Waals surface area contributed by atoms with E-state index >= 15 is 0 Å². The van der Waals surface area contributed by atoms with E-state index in [1.807, 2.05) is 29.8 Å². The molecule has 0 fully saturated rings. The molecule has 5 aromatic rings. The number of fused-ring (bicyclic) bond motifs is 1. The summed E-state index contributed by atoms with van der Waals surface area (Å²) in [5.74, 6) is 2.40. The maximum absolute atomic E-state index is 5.94. The Kier molecular flexibility index (Phi) is 5.25. The Labute approximate surface area is 188 Å². The lowest BCUT2D eigenvalue weighted by molar-refractivity contribution is 0.391. The monoisotopic (exact) mass is 450 g/mol. The van der Waals surface area contributed by atoms with Gasteiger partial charge in [0.2, 0.25) is 11.7 Å². The summed E-state index contributed by atoms with van der Waals surface area (Å²) in [5, 5.41) is 15.5. The number of hydrogen-bond acceptors (Lipinski definition) is 6. The van der Waals surface area contributed by atoms with E-state index in [1.54, 1.807) is 12.1 Å². The quantitative estimate of drug-likeness (QED) is 0.320. The average molecular weight is 451 g/mol. The minimum atomic E-state index is 0.503. The normalized spacial score (nSPS) is 11.5. The second kappa shape index (κ2) is 8.20. The Morgan fingerprint density at radius 2 is 1.87 bits per heavy atom. The largest absolute Gasteiger partial charge is 0.347 e. The Balaban J connectivity index is 1.37. The first-order chi connectivity index (χ1) is 15.1. The van der Waals surface area contributed by atoms with Crippen molar-refractivity contribution in [2.75, 3.05) is 0 Å². The predicted molar refractivity (Wildman–Crippen MR) is 122 cm³/mol. The molecule has 0 N–H and O–H groups in total. The fourth-order valence-corrected chi connectivity index (χ4v) is 4.39. The molecule has 0 saturated heterocycles. The van der Waals surface area contributed by atoms with Crippen molar-refractivity contribution in [3.63, 3.8) is 0 Å². The number of rotatable bonds is 6. The van der Waals surface area contributed by atoms with Crippen LogP contribution in [0, 0.1) is 0 Å². The molecule has 3 heterocycles. The summed E-state index contributed by atoms with van der Waals surface area (Å²) in [5.41, 5.74) is 3.12. The zero-order valence-electron chi connectivity index (χ0n) is 17.0. The molecular weight excluding hydrogens is 432 g/mol. The van der Waals surface area contributed by atoms with Crippen molar-refractivity contribution in [2.24, 2.45) is 7.05 Å². The van der Waals surface area contributed by atoms with Crippen LogP contribution < -0.4 is 0 Å². The van der Waals surface area contributed by atoms with Gasteiger partial charge in [0.05, 0.1) is 5.75 Å². The lowest BCUT2D eigenvalue weighted by atomic mass is 10.1. The molecule has 0 bridgehead atoms. The van der Waals surface area contributed by atoms with Gasteiger partial charge in [-0.25, -0.2) is 0 Å². The molecule has 156 valence electrons. The van der Waals surface area contributed by atoms with Gasteiger partial charge in [-0.2, -0.15) is 4.98 Å². The first kappa shape index (κ1) is 19.8. The van der Waals surface area contributed by atoms with E-state index in [-0.39, 0.29) is 0 Å². The molecule has 0 saturated carbocycles. The number of thioether (sulfide) groups is 1. The molecule has 31 heavy (non-hydrogen) atoms. The van der Waals surface area contributed by atoms with Crippen molar-refractivity contribution in [3.05, 3.63) is 65.6 Å². The van der Waals surface area contributed by atoms with Crippen LogP contribution in [0.25, 0.3) is 33.7 Å². The Bertz CT molecular complexity index is 1350. The van der Waals surface area contributed by atoms with E-state index in [0.717, 1.165) is 28.7 Å². The number of aryl methyl sites for hydroxylation is 1. The summed E-state index contributed by atoms with van der Waals surface area (Å²) in [6.07, 6.45) is 2.14. The fourth-order valence-electron chi connectivity index (χ4n) is 3.52. The van der Waals surface area contributed by atoms with Gasteiger partial charge in [-0.1, -0.05) is 46.7 Å². The minimum Gasteiger partial charge on any atom is -0.347 e. The van der Waals surface area contributed by atoms with Gasteiger partial charge in [-0.05, 0) is 37.3 Å². The highest BCUT2D eigenvalue weighted by atomic mass is 35.5. The van der Waals surface area contributed by atoms with Crippen molar-refractivity contribution in [1.29, 1.82) is 0 Å². The van der Waals surface area contributed by atoms with E-state index in [2.05, 4.69) is 56.2 Å². The van der Waals surface area contributed by atoms with E-state index < -0.39 is 0 Å². The zero-order chi connectivity index (χ0) is 21.4. The van der Waals surface area contributed by atoms with Crippen molar-refractivity contribution in [2.45, 2.75) is 24.4 Å². The summed E-state index contributed by atoms with van der Waals surface area (Å²) in [6.45, 7) is 3.03. The Morgan fingerprint density at radius 3 is 2.68 bits per heavy atom. The summed E-state index contributed by atoms with van der Waals surface area (Å²) < 4.78 is 9.63. The number of hydrogen-bond donors (Lipinski definition) is 0. The standard InChI is InChI=1S/C22H19ClN6OS/c1-3-29-12-17(16-6-4-5-7-18(16)29)21-25-26-22(28(21)2)31-13-19-24-20(27-30-19)14-8-10-15(23)11-9-14/h4-12H,3,13H2,1-2H3. The van der Waals surface area contributed by atoms with Crippen LogP contribution in [-0.4, -0.2) is 29.5 Å². The lowest BCUT2D eigenvalue weighted by Gasteiger charge is -2.02. The smallest absolute Gasteiger partial charge is 0.237 e. The molecule has 0 aliphatic heterocycles. The number of benzene rings is 2. The second-order valence-electron chi connectivity index (χ2n) is 7.02. The van der Waals surface area contributed by atoms with Crippen LogP contribution in [0.4, 0.5) is 0 Å². The summed E-state index contributed by atoms with van der Waals surface area (Å²) in [6, 6.07) is 15.7. The average Bonchev–Trinajstić information content (AvgIpc) is 3.50. The van der Waals surface area contributed by atoms with Crippen LogP contribution in [-0.2, 0) is 19.3 Å². The van der Waals surface area contributed by atoms with Crippen LogP contribution in [0.3, 0.4) is 0 Å². The van der Waals surface area contributed by atoms with Gasteiger partial charge in [-0.3, -0.25) is 0 Å². The third kappa shape index (κ3) is 3.73. The van der Waals surface area contributed by atoms with Gasteiger partial charge < -0.3 is 13.7 Å². The van der Waals surface area contributed by atoms with Gasteiger partial charge in [0, 0.05) is 46.8 Å². The van der Waals surface area contributed by atoms with E-state index in [1.165, 1.54) is 22.7 Å². The first-order valence-electron chi connectivity index (χ1n) is 9.83. The molecule has 0 spiro atoms. The highest BCUT2D eigenvalue weighted by molar-refractivity contribution is 7.98. The van der Waals surface area contributed by atoms with Crippen LogP contribution in [0.15, 0.2) is 64.4 Å². The van der Waals surface area contributed by atoms with Gasteiger partial charge in [0.1, 0.15) is 0 Å². The predicted octanol–water partition coefficient (Wildman–Crippen LogP) is 5.45. The van der Waals surface area contributed by atoms with Gasteiger partial charge in [0.25, 0.3) is 0 Å². The number of halogens is 1. The lowest BCUT2D eigenvalue weighted by Crippen LogP contribution is -1.95. The van der Waals surface area contributed by atoms with Crippen LogP contribution in [0.1, 0.15) is 12.8 Å². The van der Waals surface area contributed by atoms with Gasteiger partial charge >= 0.3 is 0 Å². The molecular formula is C22H19ClN6OS. The SMILES string of the molecule is CCn1cc(-c2nnc(SCc3nc(-c4ccc(Cl)cc4)no3)n2C)c2ccccc21. The highest BCUT2D eigenvalue weighted by Crippen LogP contribution is 2.32. The summed E-state index contributed by atoms with van der Waals surface area (Å²) in [7, 11) is 1.97. The van der Waals surface area contributed by atoms with Crippen molar-refractivity contribution in [1.82, 2.24) is 29.5 Å². The molecule has 0 aliphatic rings. The second-order valence-corrected chi connectivity index (χ2v) is 8.40. The number of nitrogens with zero attached hydrogens (tertiary/aromatic N) is 6. The Hall–Kier alpha value is -3.10. The number of para-hydroxylation sites is 1. The van der Waals surface area contributed by atoms with E-state index in [0.29, 0.717) is 22.5 Å². The van der Waals surface area contributed by atoms with E-state index in [9.17, 15) is 0 Å². The fraction of sp³-hybridized carbons (Fsp3) is 0.182. The van der Waals surface area contributed by atoms with Crippen molar-refractivity contribution < 1.29 is 4.52 Å². The number of aromatic nitrogens is 6. The first-order valence-corrected chi connectivity index (χ1v) is 11.2. The van der Waals surface area contributed by atoms with Gasteiger partial charge in [-0.15, -0.1) is 10.2 Å². The molecule has 9 heteroatoms.